The van der Waals surface area contributed by atoms with Crippen molar-refractivity contribution in [3.63, 3.8) is 0 Å². The number of hydrogen-bond acceptors (Lipinski definition) is 4. The van der Waals surface area contributed by atoms with Gasteiger partial charge in [-0.15, -0.1) is 11.6 Å². The van der Waals surface area contributed by atoms with Crippen LogP contribution < -0.4 is 0 Å². The summed E-state index contributed by atoms with van der Waals surface area (Å²) in [7, 11) is 1.30. The summed E-state index contributed by atoms with van der Waals surface area (Å²) in [6.45, 7) is 1.35. The summed E-state index contributed by atoms with van der Waals surface area (Å²) in [6.07, 6.45) is 4.19. The fraction of sp³-hybridized carbons (Fsp3) is 0.233. The van der Waals surface area contributed by atoms with Gasteiger partial charge in [0, 0.05) is 41.7 Å². The fourth-order valence-electron chi connectivity index (χ4n) is 4.87. The van der Waals surface area contributed by atoms with Crippen LogP contribution in [0.2, 0.25) is 0 Å². The highest BCUT2D eigenvalue weighted by molar-refractivity contribution is 6.21. The van der Waals surface area contributed by atoms with Gasteiger partial charge >= 0.3 is 12.0 Å². The molecule has 2 heterocycles. The average Bonchev–Trinajstić information content (AvgIpc) is 3.61. The van der Waals surface area contributed by atoms with Gasteiger partial charge in [-0.25, -0.2) is 9.59 Å². The standard InChI is InChI=1S/C30H27ClN2O4/c1-37-29(35)24-5-4-6-26-27(24)25(19-33(26)30(36)32-15-2-3-16-32)28(34)23-13-11-21(12-14-23)17-20-7-9-22(18-31)10-8-20/h4-14,19H,2-3,15-18H2,1H3. The van der Waals surface area contributed by atoms with Crippen molar-refractivity contribution >= 4 is 40.3 Å². The minimum absolute atomic E-state index is 0.195. The van der Waals surface area contributed by atoms with Crippen molar-refractivity contribution in [1.82, 2.24) is 9.47 Å². The Morgan fingerprint density at radius 1 is 0.838 bits per heavy atom. The number of ketones is 1. The number of benzene rings is 3. The molecule has 7 heteroatoms. The monoisotopic (exact) mass is 514 g/mol. The first-order valence-corrected chi connectivity index (χ1v) is 12.8. The molecule has 0 aliphatic carbocycles. The number of amides is 1. The highest BCUT2D eigenvalue weighted by atomic mass is 35.5. The molecule has 1 fully saturated rings. The van der Waals surface area contributed by atoms with Crippen LogP contribution in [0, 0.1) is 0 Å². The number of halogens is 1. The summed E-state index contributed by atoms with van der Waals surface area (Å²) in [5.41, 5.74) is 4.84. The quantitative estimate of drug-likeness (QED) is 0.178. The van der Waals surface area contributed by atoms with Crippen LogP contribution in [0.5, 0.6) is 0 Å². The van der Waals surface area contributed by atoms with Gasteiger partial charge in [-0.3, -0.25) is 9.36 Å². The number of esters is 1. The van der Waals surface area contributed by atoms with Gasteiger partial charge in [-0.05, 0) is 48.1 Å². The number of likely N-dealkylation sites (tertiary alicyclic amines) is 1. The number of rotatable bonds is 6. The lowest BCUT2D eigenvalue weighted by molar-refractivity contribution is 0.0603. The SMILES string of the molecule is COC(=O)c1cccc2c1c(C(=O)c1ccc(Cc3ccc(CCl)cc3)cc1)cn2C(=O)N1CCCC1. The van der Waals surface area contributed by atoms with Gasteiger partial charge in [-0.2, -0.15) is 0 Å². The molecule has 1 aromatic heterocycles. The third-order valence-corrected chi connectivity index (χ3v) is 7.17. The van der Waals surface area contributed by atoms with Gasteiger partial charge in [0.2, 0.25) is 0 Å². The van der Waals surface area contributed by atoms with Crippen molar-refractivity contribution in [3.05, 3.63) is 106 Å². The maximum absolute atomic E-state index is 13.7. The number of carbonyl (C=O) groups is 3. The Morgan fingerprint density at radius 2 is 1.46 bits per heavy atom. The molecule has 1 aliphatic heterocycles. The molecule has 0 N–H and O–H groups in total. The summed E-state index contributed by atoms with van der Waals surface area (Å²) < 4.78 is 6.46. The van der Waals surface area contributed by atoms with Crippen molar-refractivity contribution in [1.29, 1.82) is 0 Å². The van der Waals surface area contributed by atoms with Crippen LogP contribution in [0.1, 0.15) is 55.8 Å². The van der Waals surface area contributed by atoms with Crippen LogP contribution in [0.4, 0.5) is 4.79 Å². The summed E-state index contributed by atoms with van der Waals surface area (Å²) in [5.74, 6) is -0.330. The zero-order valence-corrected chi connectivity index (χ0v) is 21.3. The molecule has 0 radical (unpaired) electrons. The molecule has 0 unspecified atom stereocenters. The van der Waals surface area contributed by atoms with Crippen molar-refractivity contribution in [3.8, 4) is 0 Å². The van der Waals surface area contributed by atoms with Crippen LogP contribution in [0.25, 0.3) is 10.9 Å². The van der Waals surface area contributed by atoms with E-state index in [1.54, 1.807) is 41.4 Å². The second kappa shape index (κ2) is 10.6. The Balaban J connectivity index is 1.50. The topological polar surface area (TPSA) is 68.6 Å². The normalized spacial score (nSPS) is 13.2. The zero-order chi connectivity index (χ0) is 25.9. The minimum Gasteiger partial charge on any atom is -0.465 e. The third kappa shape index (κ3) is 4.89. The van der Waals surface area contributed by atoms with Crippen LogP contribution >= 0.6 is 11.6 Å². The summed E-state index contributed by atoms with van der Waals surface area (Å²) in [4.78, 5) is 41.4. The lowest BCUT2D eigenvalue weighted by Crippen LogP contribution is -2.31. The molecule has 3 aromatic carbocycles. The lowest BCUT2D eigenvalue weighted by Gasteiger charge is -2.16. The second-order valence-electron chi connectivity index (χ2n) is 9.23. The van der Waals surface area contributed by atoms with E-state index in [2.05, 4.69) is 12.1 Å². The number of alkyl halides is 1. The van der Waals surface area contributed by atoms with Gasteiger partial charge in [-0.1, -0.05) is 54.6 Å². The van der Waals surface area contributed by atoms with E-state index in [-0.39, 0.29) is 17.4 Å². The van der Waals surface area contributed by atoms with Gasteiger partial charge in [0.05, 0.1) is 18.2 Å². The van der Waals surface area contributed by atoms with E-state index in [1.165, 1.54) is 11.7 Å². The molecule has 4 aromatic rings. The maximum atomic E-state index is 13.7. The molecule has 0 saturated carbocycles. The van der Waals surface area contributed by atoms with E-state index >= 15 is 0 Å². The number of carbonyl (C=O) groups excluding carboxylic acids is 3. The largest absolute Gasteiger partial charge is 0.465 e. The Bertz CT molecular complexity index is 1470. The molecule has 0 atom stereocenters. The van der Waals surface area contributed by atoms with Crippen molar-refractivity contribution in [2.24, 2.45) is 0 Å². The molecule has 1 amide bonds. The minimum atomic E-state index is -0.554. The third-order valence-electron chi connectivity index (χ3n) is 6.86. The van der Waals surface area contributed by atoms with E-state index in [0.29, 0.717) is 41.0 Å². The summed E-state index contributed by atoms with van der Waals surface area (Å²) in [5, 5.41) is 0.426. The van der Waals surface area contributed by atoms with Crippen molar-refractivity contribution < 1.29 is 19.1 Å². The van der Waals surface area contributed by atoms with Gasteiger partial charge in [0.15, 0.2) is 5.78 Å². The van der Waals surface area contributed by atoms with Crippen LogP contribution in [0.3, 0.4) is 0 Å². The van der Waals surface area contributed by atoms with Crippen LogP contribution in [-0.4, -0.2) is 47.4 Å². The van der Waals surface area contributed by atoms with E-state index in [1.807, 2.05) is 24.3 Å². The number of nitrogens with zero attached hydrogens (tertiary/aromatic N) is 2. The number of hydrogen-bond donors (Lipinski definition) is 0. The van der Waals surface area contributed by atoms with Crippen LogP contribution in [0.15, 0.2) is 72.9 Å². The smallest absolute Gasteiger partial charge is 0.338 e. The van der Waals surface area contributed by atoms with E-state index in [0.717, 1.165) is 36.0 Å². The molecular formula is C30H27ClN2O4. The van der Waals surface area contributed by atoms with Crippen LogP contribution in [-0.2, 0) is 17.0 Å². The highest BCUT2D eigenvalue weighted by Gasteiger charge is 2.27. The highest BCUT2D eigenvalue weighted by Crippen LogP contribution is 2.29. The fourth-order valence-corrected chi connectivity index (χ4v) is 5.05. The van der Waals surface area contributed by atoms with E-state index in [9.17, 15) is 14.4 Å². The molecule has 0 spiro atoms. The number of aromatic nitrogens is 1. The Labute approximate surface area is 220 Å². The first-order valence-electron chi connectivity index (χ1n) is 12.3. The summed E-state index contributed by atoms with van der Waals surface area (Å²) >= 11 is 5.88. The molecule has 188 valence electrons. The lowest BCUT2D eigenvalue weighted by atomic mass is 9.97. The van der Waals surface area contributed by atoms with E-state index < -0.39 is 5.97 Å². The molecule has 6 nitrogen and oxygen atoms in total. The Kier molecular flexibility index (Phi) is 7.10. The molecular weight excluding hydrogens is 488 g/mol. The molecule has 37 heavy (non-hydrogen) atoms. The summed E-state index contributed by atoms with van der Waals surface area (Å²) in [6, 6.07) is 20.4. The Morgan fingerprint density at radius 3 is 2.08 bits per heavy atom. The van der Waals surface area contributed by atoms with Crippen molar-refractivity contribution in [2.75, 3.05) is 20.2 Å². The molecule has 1 saturated heterocycles. The number of fused-ring (bicyclic) bond motifs is 1. The average molecular weight is 515 g/mol. The maximum Gasteiger partial charge on any atom is 0.338 e. The van der Waals surface area contributed by atoms with Gasteiger partial charge < -0.3 is 9.64 Å². The predicted molar refractivity (Wildman–Crippen MR) is 144 cm³/mol. The Hall–Kier alpha value is -3.90. The molecule has 1 aliphatic rings. The predicted octanol–water partition coefficient (Wildman–Crippen LogP) is 6.05. The van der Waals surface area contributed by atoms with E-state index in [4.69, 9.17) is 16.3 Å². The zero-order valence-electron chi connectivity index (χ0n) is 20.6. The molecule has 0 bridgehead atoms. The molecule has 5 rings (SSSR count). The first kappa shape index (κ1) is 24.8. The number of ether oxygens (including phenoxy) is 1. The van der Waals surface area contributed by atoms with Crippen molar-refractivity contribution in [2.45, 2.75) is 25.1 Å². The number of methoxy groups -OCH3 is 1. The van der Waals surface area contributed by atoms with Gasteiger partial charge in [0.1, 0.15) is 0 Å². The second-order valence-corrected chi connectivity index (χ2v) is 9.50. The van der Waals surface area contributed by atoms with Gasteiger partial charge in [0.25, 0.3) is 0 Å². The first-order chi connectivity index (χ1) is 18.0.